The lowest BCUT2D eigenvalue weighted by atomic mass is 10.0. The fraction of sp³-hybridized carbons (Fsp3) is 0.500. The van der Waals surface area contributed by atoms with E-state index in [0.29, 0.717) is 13.0 Å². The minimum Gasteiger partial charge on any atom is -0.373 e. The Labute approximate surface area is 124 Å². The zero-order chi connectivity index (χ0) is 14.9. The smallest absolute Gasteiger partial charge is 0.226 e. The Kier molecular flexibility index (Phi) is 3.68. The van der Waals surface area contributed by atoms with Gasteiger partial charge in [0, 0.05) is 19.3 Å². The molecule has 21 heavy (non-hydrogen) atoms. The second-order valence-electron chi connectivity index (χ2n) is 5.93. The van der Waals surface area contributed by atoms with Gasteiger partial charge in [-0.25, -0.2) is 4.98 Å². The van der Waals surface area contributed by atoms with Gasteiger partial charge in [0.05, 0.1) is 23.4 Å². The number of aryl methyl sites for hydroxylation is 1. The number of carbonyl (C=O) groups excluding carboxylic acids is 1. The number of rotatable bonds is 4. The van der Waals surface area contributed by atoms with Crippen LogP contribution in [0.5, 0.6) is 0 Å². The highest BCUT2D eigenvalue weighted by Crippen LogP contribution is 2.23. The van der Waals surface area contributed by atoms with Gasteiger partial charge in [0.15, 0.2) is 0 Å². The van der Waals surface area contributed by atoms with Crippen molar-refractivity contribution in [2.75, 3.05) is 13.2 Å². The van der Waals surface area contributed by atoms with Crippen molar-refractivity contribution in [2.45, 2.75) is 38.7 Å². The number of hydrogen-bond acceptors (Lipinski definition) is 3. The van der Waals surface area contributed by atoms with E-state index in [0.717, 1.165) is 36.5 Å². The maximum absolute atomic E-state index is 12.2. The SMILES string of the molecule is Cc1nc2ccccn2c1CC(=O)NCC1(C)CCCO1. The second kappa shape index (κ2) is 5.48. The second-order valence-corrected chi connectivity index (χ2v) is 5.93. The number of amides is 1. The average molecular weight is 287 g/mol. The summed E-state index contributed by atoms with van der Waals surface area (Å²) in [6, 6.07) is 5.84. The number of hydrogen-bond donors (Lipinski definition) is 1. The first-order valence-corrected chi connectivity index (χ1v) is 7.41. The monoisotopic (exact) mass is 287 g/mol. The minimum absolute atomic E-state index is 0.0143. The van der Waals surface area contributed by atoms with Crippen molar-refractivity contribution in [2.24, 2.45) is 0 Å². The Morgan fingerprint density at radius 3 is 3.14 bits per heavy atom. The summed E-state index contributed by atoms with van der Waals surface area (Å²) in [5.74, 6) is 0.0143. The van der Waals surface area contributed by atoms with Gasteiger partial charge >= 0.3 is 0 Å². The highest BCUT2D eigenvalue weighted by molar-refractivity contribution is 5.78. The number of nitrogens with one attached hydrogen (secondary N) is 1. The van der Waals surface area contributed by atoms with E-state index in [9.17, 15) is 4.79 Å². The third kappa shape index (κ3) is 2.93. The maximum atomic E-state index is 12.2. The van der Waals surface area contributed by atoms with Crippen molar-refractivity contribution < 1.29 is 9.53 Å². The van der Waals surface area contributed by atoms with E-state index in [1.807, 2.05) is 35.7 Å². The van der Waals surface area contributed by atoms with Crippen LogP contribution in [-0.2, 0) is 16.0 Å². The van der Waals surface area contributed by atoms with Crippen LogP contribution in [-0.4, -0.2) is 34.0 Å². The highest BCUT2D eigenvalue weighted by Gasteiger charge is 2.30. The van der Waals surface area contributed by atoms with Gasteiger partial charge in [-0.2, -0.15) is 0 Å². The minimum atomic E-state index is -0.204. The number of fused-ring (bicyclic) bond motifs is 1. The fourth-order valence-electron chi connectivity index (χ4n) is 2.85. The maximum Gasteiger partial charge on any atom is 0.226 e. The number of pyridine rings is 1. The molecule has 0 aliphatic carbocycles. The van der Waals surface area contributed by atoms with Crippen molar-refractivity contribution in [3.8, 4) is 0 Å². The zero-order valence-corrected chi connectivity index (χ0v) is 12.6. The van der Waals surface area contributed by atoms with E-state index in [-0.39, 0.29) is 11.5 Å². The van der Waals surface area contributed by atoms with Crippen LogP contribution >= 0.6 is 0 Å². The van der Waals surface area contributed by atoms with Crippen LogP contribution in [0.1, 0.15) is 31.2 Å². The van der Waals surface area contributed by atoms with E-state index in [2.05, 4.69) is 17.2 Å². The van der Waals surface area contributed by atoms with Crippen LogP contribution in [0.2, 0.25) is 0 Å². The summed E-state index contributed by atoms with van der Waals surface area (Å²) in [7, 11) is 0. The molecule has 5 heteroatoms. The summed E-state index contributed by atoms with van der Waals surface area (Å²) in [6.45, 7) is 5.36. The molecule has 1 atom stereocenters. The van der Waals surface area contributed by atoms with Crippen LogP contribution in [0, 0.1) is 6.92 Å². The van der Waals surface area contributed by atoms with Gasteiger partial charge in [-0.05, 0) is 38.8 Å². The largest absolute Gasteiger partial charge is 0.373 e. The van der Waals surface area contributed by atoms with Gasteiger partial charge < -0.3 is 14.5 Å². The number of imidazole rings is 1. The molecule has 0 radical (unpaired) electrons. The molecule has 1 fully saturated rings. The summed E-state index contributed by atoms with van der Waals surface area (Å²) in [4.78, 5) is 16.7. The number of carbonyl (C=O) groups is 1. The molecule has 1 unspecified atom stereocenters. The van der Waals surface area contributed by atoms with Crippen molar-refractivity contribution in [1.29, 1.82) is 0 Å². The molecule has 0 spiro atoms. The van der Waals surface area contributed by atoms with E-state index in [1.54, 1.807) is 0 Å². The molecular formula is C16H21N3O2. The van der Waals surface area contributed by atoms with Gasteiger partial charge in [-0.15, -0.1) is 0 Å². The molecule has 5 nitrogen and oxygen atoms in total. The van der Waals surface area contributed by atoms with Crippen LogP contribution < -0.4 is 5.32 Å². The fourth-order valence-corrected chi connectivity index (χ4v) is 2.85. The van der Waals surface area contributed by atoms with Gasteiger partial charge in [-0.3, -0.25) is 4.79 Å². The highest BCUT2D eigenvalue weighted by atomic mass is 16.5. The lowest BCUT2D eigenvalue weighted by Gasteiger charge is -2.23. The zero-order valence-electron chi connectivity index (χ0n) is 12.6. The molecule has 3 heterocycles. The summed E-state index contributed by atoms with van der Waals surface area (Å²) >= 11 is 0. The quantitative estimate of drug-likeness (QED) is 0.934. The summed E-state index contributed by atoms with van der Waals surface area (Å²) < 4.78 is 7.66. The molecule has 0 bridgehead atoms. The Morgan fingerprint density at radius 2 is 2.38 bits per heavy atom. The number of ether oxygens (including phenoxy) is 1. The van der Waals surface area contributed by atoms with Crippen LogP contribution in [0.25, 0.3) is 5.65 Å². The predicted molar refractivity (Wildman–Crippen MR) is 80.2 cm³/mol. The first kappa shape index (κ1) is 14.1. The molecule has 1 amide bonds. The normalized spacial score (nSPS) is 21.8. The Hall–Kier alpha value is -1.88. The third-order valence-electron chi connectivity index (χ3n) is 4.12. The molecule has 1 saturated heterocycles. The van der Waals surface area contributed by atoms with Crippen LogP contribution in [0.15, 0.2) is 24.4 Å². The van der Waals surface area contributed by atoms with Gasteiger partial charge in [0.1, 0.15) is 5.65 Å². The number of aromatic nitrogens is 2. The van der Waals surface area contributed by atoms with Gasteiger partial charge in [0.2, 0.25) is 5.91 Å². The average Bonchev–Trinajstić information content (AvgIpc) is 3.03. The topological polar surface area (TPSA) is 55.6 Å². The van der Waals surface area contributed by atoms with Gasteiger partial charge in [-0.1, -0.05) is 6.07 Å². The number of nitrogens with zero attached hydrogens (tertiary/aromatic N) is 2. The molecule has 1 N–H and O–H groups in total. The summed E-state index contributed by atoms with van der Waals surface area (Å²) in [5, 5.41) is 2.99. The van der Waals surface area contributed by atoms with Crippen molar-refractivity contribution in [3.05, 3.63) is 35.8 Å². The molecule has 0 aromatic carbocycles. The van der Waals surface area contributed by atoms with E-state index >= 15 is 0 Å². The van der Waals surface area contributed by atoms with Crippen LogP contribution in [0.3, 0.4) is 0 Å². The molecule has 3 rings (SSSR count). The molecule has 2 aromatic rings. The Balaban J connectivity index is 1.67. The molecule has 1 aliphatic heterocycles. The van der Waals surface area contributed by atoms with Crippen LogP contribution in [0.4, 0.5) is 0 Å². The Bertz CT molecular complexity index is 657. The lowest BCUT2D eigenvalue weighted by molar-refractivity contribution is -0.121. The van der Waals surface area contributed by atoms with E-state index in [4.69, 9.17) is 4.74 Å². The summed E-state index contributed by atoms with van der Waals surface area (Å²) in [5.41, 5.74) is 2.52. The first-order chi connectivity index (χ1) is 10.1. The Morgan fingerprint density at radius 1 is 1.52 bits per heavy atom. The molecule has 112 valence electrons. The van der Waals surface area contributed by atoms with Gasteiger partial charge in [0.25, 0.3) is 0 Å². The predicted octanol–water partition coefficient (Wildman–Crippen LogP) is 1.87. The van der Waals surface area contributed by atoms with E-state index in [1.165, 1.54) is 0 Å². The molecule has 0 saturated carbocycles. The third-order valence-corrected chi connectivity index (χ3v) is 4.12. The molecule has 1 aliphatic rings. The van der Waals surface area contributed by atoms with Crippen molar-refractivity contribution in [1.82, 2.24) is 14.7 Å². The first-order valence-electron chi connectivity index (χ1n) is 7.41. The van der Waals surface area contributed by atoms with Crippen molar-refractivity contribution in [3.63, 3.8) is 0 Å². The molecular weight excluding hydrogens is 266 g/mol. The summed E-state index contributed by atoms with van der Waals surface area (Å²) in [6.07, 6.45) is 4.35. The van der Waals surface area contributed by atoms with Crippen molar-refractivity contribution >= 4 is 11.6 Å². The lowest BCUT2D eigenvalue weighted by Crippen LogP contribution is -2.40. The standard InChI is InChI=1S/C16H21N3O2/c1-12-13(19-8-4-3-6-14(19)18-12)10-15(20)17-11-16(2)7-5-9-21-16/h3-4,6,8H,5,7,9-11H2,1-2H3,(H,17,20). The van der Waals surface area contributed by atoms with E-state index < -0.39 is 0 Å². The molecule has 2 aromatic heterocycles.